The Morgan fingerprint density at radius 3 is 2.38 bits per heavy atom. The highest BCUT2D eigenvalue weighted by Crippen LogP contribution is 1.90. The second kappa shape index (κ2) is 11.1. The van der Waals surface area contributed by atoms with Gasteiger partial charge < -0.3 is 10.1 Å². The lowest BCUT2D eigenvalue weighted by Gasteiger charge is -2.11. The Balaban J connectivity index is 0. The minimum absolute atomic E-state index is 0.0597. The lowest BCUT2D eigenvalue weighted by molar-refractivity contribution is -0.119. The maximum absolute atomic E-state index is 10.4. The van der Waals surface area contributed by atoms with Gasteiger partial charge in [-0.1, -0.05) is 6.92 Å². The number of nitrogens with two attached hydrogens (primary N) is 1. The average molecular weight is 190 g/mol. The molecule has 0 unspecified atom stereocenters. The van der Waals surface area contributed by atoms with Crippen molar-refractivity contribution in [1.82, 2.24) is 5.32 Å². The maximum atomic E-state index is 10.4. The molecular formula is C8H18N2O3. The van der Waals surface area contributed by atoms with E-state index in [1.807, 2.05) is 6.92 Å². The zero-order valence-corrected chi connectivity index (χ0v) is 8.37. The molecule has 13 heavy (non-hydrogen) atoms. The van der Waals surface area contributed by atoms with Crippen LogP contribution in [-0.4, -0.2) is 24.8 Å². The zero-order chi connectivity index (χ0) is 10.7. The van der Waals surface area contributed by atoms with E-state index in [-0.39, 0.29) is 12.0 Å². The summed E-state index contributed by atoms with van der Waals surface area (Å²) in [5, 5.41) is 2.60. The Morgan fingerprint density at radius 2 is 2.15 bits per heavy atom. The fourth-order valence-corrected chi connectivity index (χ4v) is 0.546. The van der Waals surface area contributed by atoms with E-state index >= 15 is 0 Å². The highest BCUT2D eigenvalue weighted by atomic mass is 16.6. The Morgan fingerprint density at radius 1 is 1.69 bits per heavy atom. The molecule has 0 radical (unpaired) electrons. The highest BCUT2D eigenvalue weighted by molar-refractivity contribution is 5.72. The molecule has 0 rings (SSSR count). The van der Waals surface area contributed by atoms with E-state index in [9.17, 15) is 4.79 Å². The van der Waals surface area contributed by atoms with E-state index in [1.54, 1.807) is 0 Å². The molecule has 78 valence electrons. The van der Waals surface area contributed by atoms with Crippen LogP contribution in [0.1, 0.15) is 27.2 Å². The van der Waals surface area contributed by atoms with Crippen LogP contribution in [0.25, 0.3) is 0 Å². The van der Waals surface area contributed by atoms with E-state index in [2.05, 4.69) is 10.2 Å². The second-order valence-corrected chi connectivity index (χ2v) is 2.34. The molecule has 5 heteroatoms. The van der Waals surface area contributed by atoms with Gasteiger partial charge in [0.1, 0.15) is 6.29 Å². The van der Waals surface area contributed by atoms with Crippen molar-refractivity contribution in [2.75, 3.05) is 6.54 Å². The summed E-state index contributed by atoms with van der Waals surface area (Å²) >= 11 is 0. The lowest BCUT2D eigenvalue weighted by Crippen LogP contribution is -2.33. The average Bonchev–Trinajstić information content (AvgIpc) is 2.07. The van der Waals surface area contributed by atoms with Crippen LogP contribution >= 0.6 is 0 Å². The van der Waals surface area contributed by atoms with Crippen LogP contribution in [0.5, 0.6) is 0 Å². The number of hydrogen-bond donors (Lipinski definition) is 2. The van der Waals surface area contributed by atoms with E-state index < -0.39 is 0 Å². The molecule has 1 amide bonds. The Hall–Kier alpha value is -0.940. The quantitative estimate of drug-likeness (QED) is 0.483. The third-order valence-corrected chi connectivity index (χ3v) is 1.23. The van der Waals surface area contributed by atoms with Gasteiger partial charge in [0, 0.05) is 13.5 Å². The number of carbonyl (C=O) groups excluding carboxylic acids is 2. The molecule has 0 saturated heterocycles. The van der Waals surface area contributed by atoms with Crippen LogP contribution < -0.4 is 11.2 Å². The number of rotatable bonds is 4. The minimum atomic E-state index is -0.0658. The van der Waals surface area contributed by atoms with Gasteiger partial charge in [0.05, 0.1) is 6.10 Å². The predicted molar refractivity (Wildman–Crippen MR) is 49.8 cm³/mol. The van der Waals surface area contributed by atoms with E-state index in [0.29, 0.717) is 6.54 Å². The summed E-state index contributed by atoms with van der Waals surface area (Å²) in [5.41, 5.74) is 0. The van der Waals surface area contributed by atoms with Crippen molar-refractivity contribution in [3.63, 3.8) is 0 Å². The van der Waals surface area contributed by atoms with Crippen molar-refractivity contribution < 1.29 is 14.4 Å². The van der Waals surface area contributed by atoms with Gasteiger partial charge in [-0.05, 0) is 13.3 Å². The first-order valence-electron chi connectivity index (χ1n) is 4.12. The number of carbonyl (C=O) groups is 2. The molecule has 0 aromatic carbocycles. The molecule has 0 bridgehead atoms. The topological polar surface area (TPSA) is 81.4 Å². The third kappa shape index (κ3) is 14.0. The van der Waals surface area contributed by atoms with Crippen LogP contribution in [0.3, 0.4) is 0 Å². The van der Waals surface area contributed by atoms with E-state index in [4.69, 9.17) is 10.7 Å². The highest BCUT2D eigenvalue weighted by Gasteiger charge is 2.03. The predicted octanol–water partition coefficient (Wildman–Crippen LogP) is -0.00340. The largest absolute Gasteiger partial charge is 0.354 e. The first-order chi connectivity index (χ1) is 6.12. The summed E-state index contributed by atoms with van der Waals surface area (Å²) in [6.07, 6.45) is 1.49. The number of hydrogen-bond acceptors (Lipinski definition) is 4. The molecule has 0 aromatic heterocycles. The van der Waals surface area contributed by atoms with Gasteiger partial charge in [0.15, 0.2) is 0 Å². The molecule has 3 N–H and O–H groups in total. The van der Waals surface area contributed by atoms with Crippen molar-refractivity contribution in [2.45, 2.75) is 33.3 Å². The Labute approximate surface area is 78.6 Å². The monoisotopic (exact) mass is 190 g/mol. The minimum Gasteiger partial charge on any atom is -0.354 e. The molecule has 0 aliphatic heterocycles. The number of nitrogens with one attached hydrogen (secondary N) is 1. The molecule has 0 fully saturated rings. The van der Waals surface area contributed by atoms with Gasteiger partial charge in [-0.15, -0.1) is 0 Å². The molecule has 0 aliphatic rings. The summed E-state index contributed by atoms with van der Waals surface area (Å²) < 4.78 is 0. The van der Waals surface area contributed by atoms with Gasteiger partial charge >= 0.3 is 0 Å². The second-order valence-electron chi connectivity index (χ2n) is 2.34. The summed E-state index contributed by atoms with van der Waals surface area (Å²) in [6.45, 7) is 5.34. The molecule has 0 aromatic rings. The molecule has 0 spiro atoms. The van der Waals surface area contributed by atoms with Crippen molar-refractivity contribution in [3.05, 3.63) is 0 Å². The molecule has 1 atom stereocenters. The van der Waals surface area contributed by atoms with Gasteiger partial charge in [-0.25, -0.2) is 5.90 Å². The molecule has 0 heterocycles. The van der Waals surface area contributed by atoms with Crippen molar-refractivity contribution >= 4 is 12.2 Å². The van der Waals surface area contributed by atoms with Gasteiger partial charge in [0.25, 0.3) is 0 Å². The molecule has 0 aliphatic carbocycles. The Bertz CT molecular complexity index is 135. The van der Waals surface area contributed by atoms with Crippen molar-refractivity contribution in [1.29, 1.82) is 0 Å². The van der Waals surface area contributed by atoms with Crippen LogP contribution in [0.15, 0.2) is 0 Å². The van der Waals surface area contributed by atoms with Crippen molar-refractivity contribution in [2.24, 2.45) is 5.90 Å². The van der Waals surface area contributed by atoms with Crippen LogP contribution in [0.4, 0.5) is 0 Å². The van der Waals surface area contributed by atoms with Crippen LogP contribution in [0, 0.1) is 0 Å². The fraction of sp³-hybridized carbons (Fsp3) is 0.750. The summed E-state index contributed by atoms with van der Waals surface area (Å²) in [4.78, 5) is 23.7. The van der Waals surface area contributed by atoms with Crippen molar-refractivity contribution in [3.8, 4) is 0 Å². The van der Waals surface area contributed by atoms with E-state index in [0.717, 1.165) is 12.7 Å². The number of amides is 1. The smallest absolute Gasteiger partial charge is 0.216 e. The van der Waals surface area contributed by atoms with Crippen LogP contribution in [-0.2, 0) is 14.4 Å². The maximum Gasteiger partial charge on any atom is 0.216 e. The molecular weight excluding hydrogens is 172 g/mol. The SMILES string of the molecule is CC=O.CC[C@H](CNC(C)=O)ON. The zero-order valence-electron chi connectivity index (χ0n) is 8.37. The third-order valence-electron chi connectivity index (χ3n) is 1.23. The summed E-state index contributed by atoms with van der Waals surface area (Å²) in [7, 11) is 0. The lowest BCUT2D eigenvalue weighted by atomic mass is 10.3. The van der Waals surface area contributed by atoms with Gasteiger partial charge in [0.2, 0.25) is 5.91 Å². The normalized spacial score (nSPS) is 10.8. The fourth-order valence-electron chi connectivity index (χ4n) is 0.546. The molecule has 5 nitrogen and oxygen atoms in total. The first-order valence-corrected chi connectivity index (χ1v) is 4.12. The first kappa shape index (κ1) is 14.6. The standard InChI is InChI=1S/C6H14N2O2.C2H4O/c1-3-6(10-7)4-8-5(2)9;1-2-3/h6H,3-4,7H2,1-2H3,(H,8,9);2H,1H3/t6-;/m1./s1. The van der Waals surface area contributed by atoms with Gasteiger partial charge in [-0.3, -0.25) is 9.63 Å². The van der Waals surface area contributed by atoms with E-state index in [1.165, 1.54) is 13.8 Å². The van der Waals surface area contributed by atoms with Gasteiger partial charge in [-0.2, -0.15) is 0 Å². The number of aldehydes is 1. The van der Waals surface area contributed by atoms with Crippen LogP contribution in [0.2, 0.25) is 0 Å². The summed E-state index contributed by atoms with van der Waals surface area (Å²) in [6, 6.07) is 0. The Kier molecular flexibility index (Phi) is 12.4. The summed E-state index contributed by atoms with van der Waals surface area (Å²) in [5.74, 6) is 4.86. The molecule has 0 saturated carbocycles.